The lowest BCUT2D eigenvalue weighted by Gasteiger charge is -2.15. The molecule has 1 unspecified atom stereocenters. The number of rotatable bonds is 5. The Morgan fingerprint density at radius 3 is 2.85 bits per heavy atom. The van der Waals surface area contributed by atoms with Gasteiger partial charge in [-0.25, -0.2) is 4.90 Å². The van der Waals surface area contributed by atoms with Crippen molar-refractivity contribution < 1.29 is 9.59 Å². The number of carbonyl (C=O) groups excluding carboxylic acids is 2. The number of para-hydroxylation sites is 1. The summed E-state index contributed by atoms with van der Waals surface area (Å²) in [5, 5.41) is 4.90. The fraction of sp³-hybridized carbons (Fsp3) is 0.200. The minimum Gasteiger partial charge on any atom is -0.361 e. The zero-order chi connectivity index (χ0) is 18.1. The van der Waals surface area contributed by atoms with Crippen LogP contribution < -0.4 is 10.2 Å². The van der Waals surface area contributed by atoms with Gasteiger partial charge in [0.15, 0.2) is 0 Å². The van der Waals surface area contributed by atoms with Gasteiger partial charge in [0.1, 0.15) is 0 Å². The maximum Gasteiger partial charge on any atom is 0.251 e. The van der Waals surface area contributed by atoms with Crippen LogP contribution in [0.2, 0.25) is 5.02 Å². The fourth-order valence-corrected chi connectivity index (χ4v) is 3.58. The number of aromatic nitrogens is 1. The zero-order valence-corrected chi connectivity index (χ0v) is 14.8. The number of H-pyrrole nitrogens is 1. The van der Waals surface area contributed by atoms with Crippen LogP contribution in [0, 0.1) is 0 Å². The number of carbonyl (C=O) groups is 2. The molecule has 0 saturated carbocycles. The first-order chi connectivity index (χ1) is 12.6. The summed E-state index contributed by atoms with van der Waals surface area (Å²) >= 11 is 5.98. The molecule has 4 rings (SSSR count). The molecule has 1 aliphatic heterocycles. The summed E-state index contributed by atoms with van der Waals surface area (Å²) in [6.07, 6.45) is 2.94. The highest BCUT2D eigenvalue weighted by Gasteiger charge is 2.39. The van der Waals surface area contributed by atoms with Crippen molar-refractivity contribution in [2.45, 2.75) is 18.9 Å². The lowest BCUT2D eigenvalue weighted by atomic mass is 10.1. The lowest BCUT2D eigenvalue weighted by Crippen LogP contribution is -2.39. The Balaban J connectivity index is 1.41. The van der Waals surface area contributed by atoms with Gasteiger partial charge in [-0.3, -0.25) is 9.59 Å². The average molecular weight is 368 g/mol. The Morgan fingerprint density at radius 1 is 1.15 bits per heavy atom. The van der Waals surface area contributed by atoms with Gasteiger partial charge in [-0.15, -0.1) is 0 Å². The third kappa shape index (κ3) is 3.11. The number of halogens is 1. The van der Waals surface area contributed by atoms with Crippen molar-refractivity contribution in [2.24, 2.45) is 0 Å². The van der Waals surface area contributed by atoms with Crippen molar-refractivity contribution in [3.05, 3.63) is 65.3 Å². The van der Waals surface area contributed by atoms with E-state index in [-0.39, 0.29) is 18.2 Å². The number of imide groups is 1. The maximum absolute atomic E-state index is 12.6. The Kier molecular flexibility index (Phi) is 4.49. The predicted molar refractivity (Wildman–Crippen MR) is 102 cm³/mol. The Labute approximate surface area is 155 Å². The van der Waals surface area contributed by atoms with E-state index in [0.29, 0.717) is 17.3 Å². The van der Waals surface area contributed by atoms with Gasteiger partial charge in [-0.1, -0.05) is 35.9 Å². The summed E-state index contributed by atoms with van der Waals surface area (Å²) in [4.78, 5) is 29.4. The highest BCUT2D eigenvalue weighted by molar-refractivity contribution is 6.31. The van der Waals surface area contributed by atoms with Crippen molar-refractivity contribution in [3.63, 3.8) is 0 Å². The van der Waals surface area contributed by atoms with Crippen LogP contribution in [0.15, 0.2) is 54.7 Å². The van der Waals surface area contributed by atoms with Crippen LogP contribution in [-0.4, -0.2) is 29.4 Å². The molecule has 0 bridgehead atoms. The van der Waals surface area contributed by atoms with Gasteiger partial charge in [-0.2, -0.15) is 0 Å². The van der Waals surface area contributed by atoms with E-state index in [9.17, 15) is 9.59 Å². The Bertz CT molecular complexity index is 982. The summed E-state index contributed by atoms with van der Waals surface area (Å²) in [5.41, 5.74) is 2.81. The van der Waals surface area contributed by atoms with E-state index in [2.05, 4.69) is 16.4 Å². The molecule has 1 fully saturated rings. The van der Waals surface area contributed by atoms with E-state index in [1.165, 1.54) is 15.8 Å². The number of fused-ring (bicyclic) bond motifs is 1. The molecule has 0 spiro atoms. The van der Waals surface area contributed by atoms with Gasteiger partial charge < -0.3 is 10.3 Å². The number of benzene rings is 2. The number of amides is 2. The summed E-state index contributed by atoms with van der Waals surface area (Å²) in [7, 11) is 0. The average Bonchev–Trinajstić information content (AvgIpc) is 3.16. The topological polar surface area (TPSA) is 65.2 Å². The van der Waals surface area contributed by atoms with Crippen molar-refractivity contribution in [1.82, 2.24) is 10.3 Å². The molecule has 2 aromatic carbocycles. The molecule has 1 aromatic heterocycles. The third-order valence-electron chi connectivity index (χ3n) is 4.67. The Morgan fingerprint density at radius 2 is 2.00 bits per heavy atom. The van der Waals surface area contributed by atoms with E-state index < -0.39 is 6.04 Å². The van der Waals surface area contributed by atoms with E-state index in [4.69, 9.17) is 11.6 Å². The van der Waals surface area contributed by atoms with Crippen LogP contribution in [0.5, 0.6) is 0 Å². The molecule has 1 saturated heterocycles. The second-order valence-corrected chi connectivity index (χ2v) is 6.80. The molecule has 5 nitrogen and oxygen atoms in total. The molecule has 2 amide bonds. The standard InChI is InChI=1S/C20H18ClN3O2/c21-14-4-3-5-15(10-14)24-19(25)11-18(20(24)26)22-9-8-13-12-23-17-7-2-1-6-16(13)17/h1-7,10,12,18,22-23H,8-9,11H2. The van der Waals surface area contributed by atoms with Gasteiger partial charge in [0, 0.05) is 28.7 Å². The normalized spacial score (nSPS) is 17.4. The first-order valence-corrected chi connectivity index (χ1v) is 8.92. The van der Waals surface area contributed by atoms with Crippen LogP contribution in [-0.2, 0) is 16.0 Å². The molecule has 0 aliphatic carbocycles. The number of aromatic amines is 1. The highest BCUT2D eigenvalue weighted by atomic mass is 35.5. The van der Waals surface area contributed by atoms with E-state index in [1.54, 1.807) is 24.3 Å². The molecule has 132 valence electrons. The first-order valence-electron chi connectivity index (χ1n) is 8.54. The van der Waals surface area contributed by atoms with Crippen LogP contribution in [0.4, 0.5) is 5.69 Å². The molecule has 0 radical (unpaired) electrons. The summed E-state index contributed by atoms with van der Waals surface area (Å²) < 4.78 is 0. The van der Waals surface area contributed by atoms with Crippen LogP contribution >= 0.6 is 11.6 Å². The Hall–Kier alpha value is -2.63. The van der Waals surface area contributed by atoms with Crippen LogP contribution in [0.3, 0.4) is 0 Å². The summed E-state index contributed by atoms with van der Waals surface area (Å²) in [6, 6.07) is 14.4. The third-order valence-corrected chi connectivity index (χ3v) is 4.91. The summed E-state index contributed by atoms with van der Waals surface area (Å²) in [6.45, 7) is 0.620. The monoisotopic (exact) mass is 367 g/mol. The molecule has 2 N–H and O–H groups in total. The van der Waals surface area contributed by atoms with Crippen molar-refractivity contribution in [1.29, 1.82) is 0 Å². The first kappa shape index (κ1) is 16.8. The van der Waals surface area contributed by atoms with Gasteiger partial charge in [0.25, 0.3) is 5.91 Å². The number of hydrogen-bond acceptors (Lipinski definition) is 3. The number of nitrogens with zero attached hydrogens (tertiary/aromatic N) is 1. The molecule has 1 atom stereocenters. The second kappa shape index (κ2) is 6.94. The quantitative estimate of drug-likeness (QED) is 0.680. The van der Waals surface area contributed by atoms with E-state index in [1.807, 2.05) is 24.4 Å². The molecule has 3 aromatic rings. The SMILES string of the molecule is O=C1CC(NCCc2c[nH]c3ccccc23)C(=O)N1c1cccc(Cl)c1. The molecule has 1 aliphatic rings. The predicted octanol–water partition coefficient (Wildman–Crippen LogP) is 3.29. The lowest BCUT2D eigenvalue weighted by molar-refractivity contribution is -0.121. The highest BCUT2D eigenvalue weighted by Crippen LogP contribution is 2.25. The van der Waals surface area contributed by atoms with Gasteiger partial charge >= 0.3 is 0 Å². The minimum atomic E-state index is -0.494. The maximum atomic E-state index is 12.6. The molecular formula is C20H18ClN3O2. The van der Waals surface area contributed by atoms with Gasteiger partial charge in [-0.05, 0) is 36.2 Å². The summed E-state index contributed by atoms with van der Waals surface area (Å²) in [5.74, 6) is -0.432. The molecular weight excluding hydrogens is 350 g/mol. The second-order valence-electron chi connectivity index (χ2n) is 6.37. The number of anilines is 1. The van der Waals surface area contributed by atoms with Crippen molar-refractivity contribution in [2.75, 3.05) is 11.4 Å². The smallest absolute Gasteiger partial charge is 0.251 e. The van der Waals surface area contributed by atoms with Gasteiger partial charge in [0.05, 0.1) is 18.2 Å². The molecule has 2 heterocycles. The van der Waals surface area contributed by atoms with E-state index >= 15 is 0 Å². The molecule has 26 heavy (non-hydrogen) atoms. The minimum absolute atomic E-state index is 0.166. The van der Waals surface area contributed by atoms with Crippen molar-refractivity contribution >= 4 is 40.0 Å². The fourth-order valence-electron chi connectivity index (χ4n) is 3.40. The number of hydrogen-bond donors (Lipinski definition) is 2. The van der Waals surface area contributed by atoms with Crippen LogP contribution in [0.25, 0.3) is 10.9 Å². The largest absolute Gasteiger partial charge is 0.361 e. The number of nitrogens with one attached hydrogen (secondary N) is 2. The van der Waals surface area contributed by atoms with Gasteiger partial charge in [0.2, 0.25) is 5.91 Å². The van der Waals surface area contributed by atoms with Crippen LogP contribution in [0.1, 0.15) is 12.0 Å². The molecule has 6 heteroatoms. The zero-order valence-electron chi connectivity index (χ0n) is 14.0. The van der Waals surface area contributed by atoms with Crippen molar-refractivity contribution in [3.8, 4) is 0 Å². The van der Waals surface area contributed by atoms with E-state index in [0.717, 1.165) is 11.9 Å².